The van der Waals surface area contributed by atoms with Crippen LogP contribution in [0.3, 0.4) is 0 Å². The minimum atomic E-state index is 0.250. The SMILES string of the molecule is C#CC(CCC)N1CC(C)NCC1c1ccccc1. The van der Waals surface area contributed by atoms with Gasteiger partial charge in [-0.05, 0) is 18.9 Å². The monoisotopic (exact) mass is 256 g/mol. The van der Waals surface area contributed by atoms with Gasteiger partial charge in [-0.15, -0.1) is 6.42 Å². The molecule has 1 aliphatic rings. The maximum atomic E-state index is 5.76. The van der Waals surface area contributed by atoms with E-state index in [2.05, 4.69) is 60.3 Å². The minimum Gasteiger partial charge on any atom is -0.311 e. The molecule has 0 aliphatic carbocycles. The Kier molecular flexibility index (Phi) is 5.01. The molecule has 2 nitrogen and oxygen atoms in total. The Morgan fingerprint density at radius 3 is 2.79 bits per heavy atom. The molecule has 1 saturated heterocycles. The number of benzene rings is 1. The van der Waals surface area contributed by atoms with Gasteiger partial charge in [0.25, 0.3) is 0 Å². The first-order valence-corrected chi connectivity index (χ1v) is 7.26. The van der Waals surface area contributed by atoms with Crippen LogP contribution in [0.4, 0.5) is 0 Å². The lowest BCUT2D eigenvalue weighted by atomic mass is 9.98. The molecule has 1 heterocycles. The van der Waals surface area contributed by atoms with Crippen LogP contribution in [0.1, 0.15) is 38.3 Å². The molecule has 19 heavy (non-hydrogen) atoms. The van der Waals surface area contributed by atoms with E-state index in [-0.39, 0.29) is 6.04 Å². The van der Waals surface area contributed by atoms with Crippen LogP contribution in [0.2, 0.25) is 0 Å². The Morgan fingerprint density at radius 1 is 1.42 bits per heavy atom. The molecule has 0 bridgehead atoms. The quantitative estimate of drug-likeness (QED) is 0.833. The summed E-state index contributed by atoms with van der Waals surface area (Å²) < 4.78 is 0. The molecule has 1 aliphatic heterocycles. The fourth-order valence-electron chi connectivity index (χ4n) is 2.89. The third kappa shape index (κ3) is 3.37. The molecule has 0 amide bonds. The van der Waals surface area contributed by atoms with Gasteiger partial charge in [0, 0.05) is 25.2 Å². The van der Waals surface area contributed by atoms with E-state index in [1.807, 2.05) is 0 Å². The molecule has 0 aromatic heterocycles. The second kappa shape index (κ2) is 6.75. The standard InChI is InChI=1S/C17H24N2/c1-4-9-16(5-2)19-13-14(3)18-12-17(19)15-10-7-6-8-11-15/h2,6-8,10-11,14,16-18H,4,9,12-13H2,1,3H3. The van der Waals surface area contributed by atoms with Crippen LogP contribution in [0, 0.1) is 12.3 Å². The minimum absolute atomic E-state index is 0.250. The van der Waals surface area contributed by atoms with Crippen molar-refractivity contribution in [1.82, 2.24) is 10.2 Å². The predicted octanol–water partition coefficient (Wildman–Crippen LogP) is 2.82. The Bertz CT molecular complexity index is 421. The van der Waals surface area contributed by atoms with Gasteiger partial charge in [-0.25, -0.2) is 0 Å². The number of hydrogen-bond acceptors (Lipinski definition) is 2. The van der Waals surface area contributed by atoms with Crippen LogP contribution in [-0.4, -0.2) is 30.1 Å². The van der Waals surface area contributed by atoms with E-state index in [4.69, 9.17) is 6.42 Å². The molecule has 1 fully saturated rings. The highest BCUT2D eigenvalue weighted by Crippen LogP contribution is 2.27. The Labute approximate surface area is 117 Å². The summed E-state index contributed by atoms with van der Waals surface area (Å²) >= 11 is 0. The van der Waals surface area contributed by atoms with E-state index < -0.39 is 0 Å². The summed E-state index contributed by atoms with van der Waals surface area (Å²) in [5.74, 6) is 2.99. The average Bonchev–Trinajstić information content (AvgIpc) is 2.45. The number of nitrogens with zero attached hydrogens (tertiary/aromatic N) is 1. The lowest BCUT2D eigenvalue weighted by molar-refractivity contribution is 0.105. The highest BCUT2D eigenvalue weighted by Gasteiger charge is 2.30. The number of piperazine rings is 1. The largest absolute Gasteiger partial charge is 0.311 e. The maximum absolute atomic E-state index is 5.76. The highest BCUT2D eigenvalue weighted by molar-refractivity contribution is 5.21. The molecule has 102 valence electrons. The molecule has 2 heteroatoms. The first-order valence-electron chi connectivity index (χ1n) is 7.26. The van der Waals surface area contributed by atoms with E-state index >= 15 is 0 Å². The van der Waals surface area contributed by atoms with E-state index in [9.17, 15) is 0 Å². The van der Waals surface area contributed by atoms with Crippen molar-refractivity contribution in [3.8, 4) is 12.3 Å². The predicted molar refractivity (Wildman–Crippen MR) is 80.9 cm³/mol. The molecule has 1 aromatic rings. The second-order valence-electron chi connectivity index (χ2n) is 5.40. The Balaban J connectivity index is 2.22. The van der Waals surface area contributed by atoms with Gasteiger partial charge in [0.05, 0.1) is 6.04 Å². The van der Waals surface area contributed by atoms with Crippen LogP contribution < -0.4 is 5.32 Å². The van der Waals surface area contributed by atoms with E-state index in [0.717, 1.165) is 25.9 Å². The van der Waals surface area contributed by atoms with Gasteiger partial charge in [-0.1, -0.05) is 49.6 Å². The zero-order valence-electron chi connectivity index (χ0n) is 12.0. The van der Waals surface area contributed by atoms with Gasteiger partial charge < -0.3 is 5.32 Å². The fraction of sp³-hybridized carbons (Fsp3) is 0.529. The Morgan fingerprint density at radius 2 is 2.16 bits per heavy atom. The highest BCUT2D eigenvalue weighted by atomic mass is 15.2. The van der Waals surface area contributed by atoms with Crippen LogP contribution in [0.5, 0.6) is 0 Å². The summed E-state index contributed by atoms with van der Waals surface area (Å²) in [4.78, 5) is 2.50. The molecule has 3 atom stereocenters. The summed E-state index contributed by atoms with van der Waals surface area (Å²) in [7, 11) is 0. The third-order valence-electron chi connectivity index (χ3n) is 3.88. The molecule has 3 unspecified atom stereocenters. The smallest absolute Gasteiger partial charge is 0.0717 e. The molecule has 0 radical (unpaired) electrons. The van der Waals surface area contributed by atoms with Crippen molar-refractivity contribution >= 4 is 0 Å². The molecule has 2 rings (SSSR count). The summed E-state index contributed by atoms with van der Waals surface area (Å²) in [6.45, 7) is 6.43. The zero-order chi connectivity index (χ0) is 13.7. The van der Waals surface area contributed by atoms with E-state index in [1.165, 1.54) is 5.56 Å². The summed E-state index contributed by atoms with van der Waals surface area (Å²) in [5.41, 5.74) is 1.36. The molecule has 0 spiro atoms. The number of nitrogens with one attached hydrogen (secondary N) is 1. The lowest BCUT2D eigenvalue weighted by Gasteiger charge is -2.42. The lowest BCUT2D eigenvalue weighted by Crippen LogP contribution is -2.54. The number of terminal acetylenes is 1. The van der Waals surface area contributed by atoms with Crippen molar-refractivity contribution in [2.75, 3.05) is 13.1 Å². The number of rotatable bonds is 4. The summed E-state index contributed by atoms with van der Waals surface area (Å²) in [6, 6.07) is 11.8. The molecular weight excluding hydrogens is 232 g/mol. The number of hydrogen-bond donors (Lipinski definition) is 1. The normalized spacial score (nSPS) is 25.7. The van der Waals surface area contributed by atoms with Gasteiger partial charge in [0.1, 0.15) is 0 Å². The van der Waals surface area contributed by atoms with Crippen LogP contribution in [0.25, 0.3) is 0 Å². The first kappa shape index (κ1) is 14.1. The van der Waals surface area contributed by atoms with Crippen molar-refractivity contribution in [1.29, 1.82) is 0 Å². The fourth-order valence-corrected chi connectivity index (χ4v) is 2.89. The van der Waals surface area contributed by atoms with Gasteiger partial charge >= 0.3 is 0 Å². The van der Waals surface area contributed by atoms with Gasteiger partial charge in [-0.2, -0.15) is 0 Å². The zero-order valence-corrected chi connectivity index (χ0v) is 12.0. The van der Waals surface area contributed by atoms with Gasteiger partial charge in [-0.3, -0.25) is 4.90 Å². The third-order valence-corrected chi connectivity index (χ3v) is 3.88. The molecule has 1 N–H and O–H groups in total. The summed E-state index contributed by atoms with van der Waals surface area (Å²) in [5, 5.41) is 3.57. The van der Waals surface area contributed by atoms with Crippen molar-refractivity contribution in [2.24, 2.45) is 0 Å². The van der Waals surface area contributed by atoms with E-state index in [1.54, 1.807) is 0 Å². The second-order valence-corrected chi connectivity index (χ2v) is 5.40. The molecular formula is C17H24N2. The average molecular weight is 256 g/mol. The van der Waals surface area contributed by atoms with Crippen molar-refractivity contribution < 1.29 is 0 Å². The maximum Gasteiger partial charge on any atom is 0.0717 e. The first-order chi connectivity index (χ1) is 9.26. The van der Waals surface area contributed by atoms with Crippen molar-refractivity contribution in [3.05, 3.63) is 35.9 Å². The van der Waals surface area contributed by atoms with Gasteiger partial charge in [0.2, 0.25) is 0 Å². The molecule has 0 saturated carbocycles. The van der Waals surface area contributed by atoms with E-state index in [0.29, 0.717) is 12.1 Å². The van der Waals surface area contributed by atoms with Crippen LogP contribution in [-0.2, 0) is 0 Å². The van der Waals surface area contributed by atoms with Crippen molar-refractivity contribution in [3.63, 3.8) is 0 Å². The summed E-state index contributed by atoms with van der Waals surface area (Å²) in [6.07, 6.45) is 7.97. The van der Waals surface area contributed by atoms with Crippen molar-refractivity contribution in [2.45, 2.75) is 44.8 Å². The van der Waals surface area contributed by atoms with Crippen LogP contribution >= 0.6 is 0 Å². The molecule has 1 aromatic carbocycles. The van der Waals surface area contributed by atoms with Crippen LogP contribution in [0.15, 0.2) is 30.3 Å². The van der Waals surface area contributed by atoms with Gasteiger partial charge in [0.15, 0.2) is 0 Å². The topological polar surface area (TPSA) is 15.3 Å². The Hall–Kier alpha value is -1.30.